The topological polar surface area (TPSA) is 30.5 Å². The first kappa shape index (κ1) is 15.0. The van der Waals surface area contributed by atoms with E-state index in [1.807, 2.05) is 26.1 Å². The van der Waals surface area contributed by atoms with Gasteiger partial charge in [-0.05, 0) is 43.3 Å². The number of aryl methyl sites for hydroxylation is 1. The summed E-state index contributed by atoms with van der Waals surface area (Å²) in [5.41, 5.74) is 3.06. The van der Waals surface area contributed by atoms with Gasteiger partial charge < -0.3 is 14.8 Å². The molecule has 1 heterocycles. The van der Waals surface area contributed by atoms with Crippen LogP contribution in [0.15, 0.2) is 42.5 Å². The van der Waals surface area contributed by atoms with Gasteiger partial charge in [0, 0.05) is 12.1 Å². The number of likely N-dealkylation sites (N-methyl/N-ethyl adjacent to an activating group) is 1. The molecular weight excluding hydrogens is 281 g/mol. The van der Waals surface area contributed by atoms with E-state index < -0.39 is 0 Å². The fourth-order valence-electron chi connectivity index (χ4n) is 2.82. The lowest BCUT2D eigenvalue weighted by atomic mass is 9.95. The molecule has 0 aromatic heterocycles. The largest absolute Gasteiger partial charge is 0.483 e. The molecule has 3 rings (SSSR count). The summed E-state index contributed by atoms with van der Waals surface area (Å²) in [5, 5.41) is 3.14. The van der Waals surface area contributed by atoms with Gasteiger partial charge in [0.2, 0.25) is 0 Å². The monoisotopic (exact) mass is 301 g/mol. The Morgan fingerprint density at radius 2 is 2.09 bits per heavy atom. The average Bonchev–Trinajstić information content (AvgIpc) is 2.52. The van der Waals surface area contributed by atoms with Crippen molar-refractivity contribution >= 4 is 0 Å². The van der Waals surface area contributed by atoms with Gasteiger partial charge in [-0.25, -0.2) is 4.39 Å². The summed E-state index contributed by atoms with van der Waals surface area (Å²) in [6, 6.07) is 12.7. The quantitative estimate of drug-likeness (QED) is 0.939. The molecule has 0 amide bonds. The summed E-state index contributed by atoms with van der Waals surface area (Å²) >= 11 is 0. The molecule has 2 aromatic rings. The van der Waals surface area contributed by atoms with Crippen LogP contribution in [-0.4, -0.2) is 19.7 Å². The van der Waals surface area contributed by atoms with Crippen LogP contribution >= 0.6 is 0 Å². The van der Waals surface area contributed by atoms with Gasteiger partial charge in [-0.2, -0.15) is 0 Å². The number of rotatable bonds is 4. The maximum Gasteiger partial charge on any atom is 0.151 e. The molecule has 0 fully saturated rings. The Morgan fingerprint density at radius 3 is 2.86 bits per heavy atom. The Labute approximate surface area is 130 Å². The van der Waals surface area contributed by atoms with Gasteiger partial charge in [-0.15, -0.1) is 0 Å². The third-order valence-corrected chi connectivity index (χ3v) is 3.95. The van der Waals surface area contributed by atoms with Crippen molar-refractivity contribution in [1.29, 1.82) is 0 Å². The minimum Gasteiger partial charge on any atom is -0.483 e. The van der Waals surface area contributed by atoms with E-state index in [1.54, 1.807) is 6.07 Å². The molecule has 0 bridgehead atoms. The Balaban J connectivity index is 1.93. The first-order valence-corrected chi connectivity index (χ1v) is 7.46. The van der Waals surface area contributed by atoms with Crippen LogP contribution in [0.4, 0.5) is 4.39 Å². The zero-order chi connectivity index (χ0) is 15.5. The van der Waals surface area contributed by atoms with Crippen molar-refractivity contribution < 1.29 is 13.9 Å². The van der Waals surface area contributed by atoms with Crippen molar-refractivity contribution in [1.82, 2.24) is 5.32 Å². The van der Waals surface area contributed by atoms with E-state index in [1.165, 1.54) is 12.1 Å². The van der Waals surface area contributed by atoms with Crippen molar-refractivity contribution in [2.75, 3.05) is 13.6 Å². The van der Waals surface area contributed by atoms with E-state index in [4.69, 9.17) is 9.47 Å². The van der Waals surface area contributed by atoms with Crippen LogP contribution in [0, 0.1) is 12.7 Å². The maximum atomic E-state index is 13.3. The van der Waals surface area contributed by atoms with Crippen LogP contribution in [0.5, 0.6) is 5.75 Å². The summed E-state index contributed by atoms with van der Waals surface area (Å²) in [5.74, 6) is 0.435. The van der Waals surface area contributed by atoms with E-state index in [0.29, 0.717) is 18.9 Å². The van der Waals surface area contributed by atoms with Gasteiger partial charge in [0.1, 0.15) is 17.7 Å². The average molecular weight is 301 g/mol. The number of ether oxygens (including phenoxy) is 2. The number of hydrogen-bond donors (Lipinski definition) is 1. The van der Waals surface area contributed by atoms with Gasteiger partial charge in [-0.1, -0.05) is 24.3 Å². The highest BCUT2D eigenvalue weighted by molar-refractivity contribution is 5.36. The van der Waals surface area contributed by atoms with Crippen molar-refractivity contribution in [3.63, 3.8) is 0 Å². The summed E-state index contributed by atoms with van der Waals surface area (Å²) in [6.07, 6.45) is -0.286. The molecule has 2 aromatic carbocycles. The summed E-state index contributed by atoms with van der Waals surface area (Å²) in [7, 11) is 1.89. The zero-order valence-electron chi connectivity index (χ0n) is 12.8. The van der Waals surface area contributed by atoms with E-state index in [2.05, 4.69) is 17.4 Å². The van der Waals surface area contributed by atoms with E-state index in [0.717, 1.165) is 16.7 Å². The molecule has 1 N–H and O–H groups in total. The van der Waals surface area contributed by atoms with Crippen LogP contribution < -0.4 is 10.1 Å². The number of nitrogens with one attached hydrogen (secondary N) is 1. The lowest BCUT2D eigenvalue weighted by Gasteiger charge is -2.34. The highest BCUT2D eigenvalue weighted by atomic mass is 19.1. The van der Waals surface area contributed by atoms with Crippen LogP contribution in [0.25, 0.3) is 0 Å². The molecule has 0 unspecified atom stereocenters. The van der Waals surface area contributed by atoms with E-state index >= 15 is 0 Å². The second kappa shape index (κ2) is 6.46. The molecule has 0 saturated carbocycles. The third-order valence-electron chi connectivity index (χ3n) is 3.95. The molecule has 2 atom stereocenters. The molecule has 0 spiro atoms. The van der Waals surface area contributed by atoms with Crippen LogP contribution in [0.1, 0.15) is 22.8 Å². The second-order valence-electron chi connectivity index (χ2n) is 5.55. The van der Waals surface area contributed by atoms with Gasteiger partial charge in [-0.3, -0.25) is 0 Å². The van der Waals surface area contributed by atoms with Gasteiger partial charge >= 0.3 is 0 Å². The van der Waals surface area contributed by atoms with Gasteiger partial charge in [0.05, 0.1) is 6.61 Å². The first-order chi connectivity index (χ1) is 10.7. The second-order valence-corrected chi connectivity index (χ2v) is 5.55. The standard InChI is InChI=1S/C18H20FNO2/c1-12-9-14(19)7-8-16(12)22-18-15-6-4-3-5-13(15)11-21-17(18)10-20-2/h3-9,17-18,20H,10-11H2,1-2H3/t17-,18-/m0/s1. The lowest BCUT2D eigenvalue weighted by Crippen LogP contribution is -2.38. The minimum atomic E-state index is -0.253. The van der Waals surface area contributed by atoms with E-state index in [9.17, 15) is 4.39 Å². The van der Waals surface area contributed by atoms with Crippen LogP contribution in [0.3, 0.4) is 0 Å². The van der Waals surface area contributed by atoms with Crippen molar-refractivity contribution in [3.8, 4) is 5.75 Å². The van der Waals surface area contributed by atoms with Crippen molar-refractivity contribution in [2.45, 2.75) is 25.7 Å². The Bertz CT molecular complexity index is 659. The highest BCUT2D eigenvalue weighted by Crippen LogP contribution is 2.34. The smallest absolute Gasteiger partial charge is 0.151 e. The maximum absolute atomic E-state index is 13.3. The minimum absolute atomic E-state index is 0.0793. The van der Waals surface area contributed by atoms with Crippen LogP contribution in [0.2, 0.25) is 0 Å². The molecule has 0 aliphatic carbocycles. The summed E-state index contributed by atoms with van der Waals surface area (Å²) in [6.45, 7) is 3.13. The fraction of sp³-hybridized carbons (Fsp3) is 0.333. The first-order valence-electron chi connectivity index (χ1n) is 7.46. The summed E-state index contributed by atoms with van der Waals surface area (Å²) in [4.78, 5) is 0. The van der Waals surface area contributed by atoms with Gasteiger partial charge in [0.25, 0.3) is 0 Å². The zero-order valence-corrected chi connectivity index (χ0v) is 12.8. The molecule has 0 saturated heterocycles. The normalized spacial score (nSPS) is 20.5. The molecule has 116 valence electrons. The molecule has 22 heavy (non-hydrogen) atoms. The Kier molecular flexibility index (Phi) is 4.41. The van der Waals surface area contributed by atoms with Crippen LogP contribution in [-0.2, 0) is 11.3 Å². The molecule has 3 nitrogen and oxygen atoms in total. The predicted molar refractivity (Wildman–Crippen MR) is 83.5 cm³/mol. The Hall–Kier alpha value is -1.91. The summed E-state index contributed by atoms with van der Waals surface area (Å²) < 4.78 is 25.4. The highest BCUT2D eigenvalue weighted by Gasteiger charge is 2.32. The van der Waals surface area contributed by atoms with E-state index in [-0.39, 0.29) is 18.0 Å². The number of hydrogen-bond acceptors (Lipinski definition) is 3. The molecule has 0 radical (unpaired) electrons. The molecule has 1 aliphatic heterocycles. The Morgan fingerprint density at radius 1 is 1.27 bits per heavy atom. The van der Waals surface area contributed by atoms with Gasteiger partial charge in [0.15, 0.2) is 6.10 Å². The number of halogens is 1. The molecule has 4 heteroatoms. The lowest BCUT2D eigenvalue weighted by molar-refractivity contribution is -0.0498. The molecular formula is C18H20FNO2. The number of benzene rings is 2. The fourth-order valence-corrected chi connectivity index (χ4v) is 2.82. The predicted octanol–water partition coefficient (Wildman–Crippen LogP) is 3.37. The third kappa shape index (κ3) is 2.98. The van der Waals surface area contributed by atoms with Crippen molar-refractivity contribution in [3.05, 3.63) is 65.0 Å². The number of fused-ring (bicyclic) bond motifs is 1. The SMILES string of the molecule is CNC[C@@H]1OCc2ccccc2[C@@H]1Oc1ccc(F)cc1C. The van der Waals surface area contributed by atoms with Crippen molar-refractivity contribution in [2.24, 2.45) is 0 Å². The molecule has 1 aliphatic rings.